The van der Waals surface area contributed by atoms with Crippen LogP contribution < -0.4 is 5.32 Å². The number of carbonyl (C=O) groups excluding carboxylic acids is 1. The van der Waals surface area contributed by atoms with Crippen molar-refractivity contribution in [3.63, 3.8) is 0 Å². The Labute approximate surface area is 216 Å². The van der Waals surface area contributed by atoms with E-state index in [9.17, 15) is 9.90 Å². The molecule has 0 fully saturated rings. The van der Waals surface area contributed by atoms with Gasteiger partial charge in [0.1, 0.15) is 5.75 Å². The van der Waals surface area contributed by atoms with Crippen LogP contribution in [-0.2, 0) is 17.3 Å². The van der Waals surface area contributed by atoms with Gasteiger partial charge in [0.05, 0.1) is 0 Å². The number of aryl methyl sites for hydroxylation is 1. The maximum absolute atomic E-state index is 12.6. The van der Waals surface area contributed by atoms with Gasteiger partial charge in [-0.2, -0.15) is 0 Å². The lowest BCUT2D eigenvalue weighted by atomic mass is 9.71. The number of amides is 1. The summed E-state index contributed by atoms with van der Waals surface area (Å²) in [6, 6.07) is 19.1. The Bertz CT molecular complexity index is 1290. The third-order valence-corrected chi connectivity index (χ3v) is 8.42. The minimum absolute atomic E-state index is 0.130. The van der Waals surface area contributed by atoms with Gasteiger partial charge in [0.25, 0.3) is 5.91 Å². The van der Waals surface area contributed by atoms with Crippen molar-refractivity contribution in [1.82, 2.24) is 0 Å². The number of hydrogen-bond acceptors (Lipinski definition) is 2. The molecule has 2 N–H and O–H groups in total. The maximum atomic E-state index is 12.6. The molecule has 0 bridgehead atoms. The van der Waals surface area contributed by atoms with E-state index in [0.717, 1.165) is 18.4 Å². The standard InChI is InChI=1S/C33H39NO2/c1-8-9-25-19-29-30(33(6,7)22(3)32(29,4)5)20-28(25)21(2)18-23-10-12-24(13-11-23)31(36)34-26-14-16-27(35)17-15-26/h10-20,22,35H,8-9H2,1-7H3,(H,34,36). The van der Waals surface area contributed by atoms with E-state index >= 15 is 0 Å². The number of anilines is 1. The van der Waals surface area contributed by atoms with E-state index < -0.39 is 0 Å². The summed E-state index contributed by atoms with van der Waals surface area (Å²) in [6.45, 7) is 16.4. The van der Waals surface area contributed by atoms with Gasteiger partial charge in [-0.15, -0.1) is 0 Å². The van der Waals surface area contributed by atoms with Crippen LogP contribution in [0.1, 0.15) is 93.1 Å². The monoisotopic (exact) mass is 481 g/mol. The van der Waals surface area contributed by atoms with Crippen LogP contribution in [0.5, 0.6) is 5.75 Å². The molecule has 1 unspecified atom stereocenters. The number of benzene rings is 3. The van der Waals surface area contributed by atoms with Crippen molar-refractivity contribution in [3.05, 3.63) is 94.0 Å². The molecule has 3 aromatic rings. The number of allylic oxidation sites excluding steroid dienone is 1. The molecule has 0 heterocycles. The van der Waals surface area contributed by atoms with Crippen LogP contribution in [0.25, 0.3) is 11.6 Å². The summed E-state index contributed by atoms with van der Waals surface area (Å²) < 4.78 is 0. The maximum Gasteiger partial charge on any atom is 0.255 e. The molecule has 0 saturated heterocycles. The van der Waals surface area contributed by atoms with Crippen LogP contribution in [0.2, 0.25) is 0 Å². The summed E-state index contributed by atoms with van der Waals surface area (Å²) in [4.78, 5) is 12.6. The highest BCUT2D eigenvalue weighted by Gasteiger charge is 2.48. The molecule has 1 aliphatic rings. The number of hydrogen-bond donors (Lipinski definition) is 2. The smallest absolute Gasteiger partial charge is 0.255 e. The molecule has 3 nitrogen and oxygen atoms in total. The Hall–Kier alpha value is -3.33. The SMILES string of the molecule is CCCc1cc2c(cc1C(C)=Cc1ccc(C(=O)Nc3ccc(O)cc3)cc1)C(C)(C)C(C)C2(C)C. The molecular formula is C33H39NO2. The molecule has 3 aromatic carbocycles. The van der Waals surface area contributed by atoms with Crippen molar-refractivity contribution >= 4 is 23.2 Å². The lowest BCUT2D eigenvalue weighted by Gasteiger charge is -2.32. The summed E-state index contributed by atoms with van der Waals surface area (Å²) in [6.07, 6.45) is 4.40. The first-order valence-electron chi connectivity index (χ1n) is 13.0. The Balaban J connectivity index is 1.62. The molecule has 36 heavy (non-hydrogen) atoms. The molecule has 0 radical (unpaired) electrons. The number of carbonyl (C=O) groups is 1. The molecule has 0 aliphatic heterocycles. The number of fused-ring (bicyclic) bond motifs is 1. The quantitative estimate of drug-likeness (QED) is 0.274. The predicted molar refractivity (Wildman–Crippen MR) is 152 cm³/mol. The molecule has 3 heteroatoms. The Morgan fingerprint density at radius 3 is 2.11 bits per heavy atom. The van der Waals surface area contributed by atoms with E-state index in [4.69, 9.17) is 0 Å². The van der Waals surface area contributed by atoms with Crippen LogP contribution in [0, 0.1) is 5.92 Å². The average molecular weight is 482 g/mol. The number of phenolic OH excluding ortho intramolecular Hbond substituents is 1. The van der Waals surface area contributed by atoms with Gasteiger partial charge >= 0.3 is 0 Å². The summed E-state index contributed by atoms with van der Waals surface area (Å²) in [5.74, 6) is 0.566. The van der Waals surface area contributed by atoms with E-state index in [1.807, 2.05) is 24.3 Å². The summed E-state index contributed by atoms with van der Waals surface area (Å²) in [5.41, 5.74) is 9.60. The van der Waals surface area contributed by atoms with Crippen molar-refractivity contribution in [1.29, 1.82) is 0 Å². The van der Waals surface area contributed by atoms with Crippen molar-refractivity contribution in [2.24, 2.45) is 5.92 Å². The van der Waals surface area contributed by atoms with E-state index in [1.54, 1.807) is 24.3 Å². The van der Waals surface area contributed by atoms with Gasteiger partial charge in [-0.25, -0.2) is 0 Å². The fourth-order valence-corrected chi connectivity index (χ4v) is 5.73. The van der Waals surface area contributed by atoms with Crippen LogP contribution in [0.4, 0.5) is 5.69 Å². The fourth-order valence-electron chi connectivity index (χ4n) is 5.73. The molecule has 188 valence electrons. The molecular weight excluding hydrogens is 442 g/mol. The molecule has 1 atom stereocenters. The lowest BCUT2D eigenvalue weighted by Crippen LogP contribution is -2.30. The minimum atomic E-state index is -0.171. The van der Waals surface area contributed by atoms with Crippen molar-refractivity contribution in [2.45, 2.75) is 72.1 Å². The summed E-state index contributed by atoms with van der Waals surface area (Å²) in [5, 5.41) is 12.3. The zero-order valence-electron chi connectivity index (χ0n) is 22.7. The van der Waals surface area contributed by atoms with E-state index in [2.05, 4.69) is 72.0 Å². The van der Waals surface area contributed by atoms with Gasteiger partial charge < -0.3 is 10.4 Å². The molecule has 1 amide bonds. The predicted octanol–water partition coefficient (Wildman–Crippen LogP) is 8.36. The Kier molecular flexibility index (Phi) is 6.88. The zero-order valence-corrected chi connectivity index (χ0v) is 22.7. The molecule has 4 rings (SSSR count). The van der Waals surface area contributed by atoms with Crippen LogP contribution in [0.3, 0.4) is 0 Å². The summed E-state index contributed by atoms with van der Waals surface area (Å²) >= 11 is 0. The van der Waals surface area contributed by atoms with Crippen LogP contribution in [0.15, 0.2) is 60.7 Å². The molecule has 0 aromatic heterocycles. The summed E-state index contributed by atoms with van der Waals surface area (Å²) in [7, 11) is 0. The number of aromatic hydroxyl groups is 1. The van der Waals surface area contributed by atoms with Gasteiger partial charge in [0.2, 0.25) is 0 Å². The van der Waals surface area contributed by atoms with Gasteiger partial charge in [-0.1, -0.05) is 78.3 Å². The number of nitrogens with one attached hydrogen (secondary N) is 1. The van der Waals surface area contributed by atoms with Gasteiger partial charge in [-0.05, 0) is 99.9 Å². The highest BCUT2D eigenvalue weighted by Crippen LogP contribution is 2.54. The minimum Gasteiger partial charge on any atom is -0.508 e. The third-order valence-electron chi connectivity index (χ3n) is 8.42. The second kappa shape index (κ2) is 9.61. The Morgan fingerprint density at radius 1 is 0.944 bits per heavy atom. The number of phenols is 1. The van der Waals surface area contributed by atoms with Gasteiger partial charge in [0.15, 0.2) is 0 Å². The molecule has 0 spiro atoms. The first-order valence-corrected chi connectivity index (χ1v) is 13.0. The fraction of sp³-hybridized carbons (Fsp3) is 0.364. The van der Waals surface area contributed by atoms with E-state index in [1.165, 1.54) is 27.8 Å². The highest BCUT2D eigenvalue weighted by molar-refractivity contribution is 6.04. The molecule has 0 saturated carbocycles. The van der Waals surface area contributed by atoms with E-state index in [0.29, 0.717) is 17.2 Å². The van der Waals surface area contributed by atoms with Gasteiger partial charge in [-0.3, -0.25) is 4.79 Å². The van der Waals surface area contributed by atoms with Crippen LogP contribution in [-0.4, -0.2) is 11.0 Å². The van der Waals surface area contributed by atoms with Gasteiger partial charge in [0, 0.05) is 11.3 Å². The van der Waals surface area contributed by atoms with E-state index in [-0.39, 0.29) is 22.5 Å². The topological polar surface area (TPSA) is 49.3 Å². The Morgan fingerprint density at radius 2 is 1.53 bits per heavy atom. The first kappa shape index (κ1) is 25.8. The lowest BCUT2D eigenvalue weighted by molar-refractivity contribution is 0.102. The zero-order chi connectivity index (χ0) is 26.3. The highest BCUT2D eigenvalue weighted by atomic mass is 16.3. The normalized spacial score (nSPS) is 18.1. The largest absolute Gasteiger partial charge is 0.508 e. The first-order chi connectivity index (χ1) is 16.9. The second-order valence-electron chi connectivity index (χ2n) is 11.4. The number of rotatable bonds is 6. The average Bonchev–Trinajstić information content (AvgIpc) is 2.97. The van der Waals surface area contributed by atoms with Crippen LogP contribution >= 0.6 is 0 Å². The van der Waals surface area contributed by atoms with Crippen molar-refractivity contribution < 1.29 is 9.90 Å². The molecule has 1 aliphatic carbocycles. The van der Waals surface area contributed by atoms with Crippen molar-refractivity contribution in [2.75, 3.05) is 5.32 Å². The third kappa shape index (κ3) is 4.72. The van der Waals surface area contributed by atoms with Crippen molar-refractivity contribution in [3.8, 4) is 5.75 Å². The second-order valence-corrected chi connectivity index (χ2v) is 11.4.